The van der Waals surface area contributed by atoms with Crippen LogP contribution < -0.4 is 5.73 Å². The second kappa shape index (κ2) is 4.09. The van der Waals surface area contributed by atoms with Crippen LogP contribution in [-0.4, -0.2) is 30.9 Å². The van der Waals surface area contributed by atoms with Crippen molar-refractivity contribution in [3.05, 3.63) is 0 Å². The Morgan fingerprint density at radius 1 is 1.38 bits per heavy atom. The highest BCUT2D eigenvalue weighted by Gasteiger charge is 2.31. The average Bonchev–Trinajstić information content (AvgIpc) is 2.03. The number of hydrogen-bond acceptors (Lipinski definition) is 2. The Morgan fingerprint density at radius 3 is 2.46 bits per heavy atom. The summed E-state index contributed by atoms with van der Waals surface area (Å²) in [5.74, 6) is 0.910. The maximum Gasteiger partial charge on any atom is 0.225 e. The van der Waals surface area contributed by atoms with Gasteiger partial charge in [0.25, 0.3) is 0 Å². The molecule has 0 aromatic heterocycles. The van der Waals surface area contributed by atoms with Crippen molar-refractivity contribution < 1.29 is 4.79 Å². The van der Waals surface area contributed by atoms with Crippen molar-refractivity contribution in [2.75, 3.05) is 14.1 Å². The Bertz CT molecular complexity index is 191. The van der Waals surface area contributed by atoms with Gasteiger partial charge in [0.2, 0.25) is 5.91 Å². The van der Waals surface area contributed by atoms with E-state index < -0.39 is 0 Å². The minimum atomic E-state index is 0.204. The van der Waals surface area contributed by atoms with Gasteiger partial charge in [-0.2, -0.15) is 0 Å². The summed E-state index contributed by atoms with van der Waals surface area (Å²) in [4.78, 5) is 13.4. The molecule has 0 aromatic rings. The topological polar surface area (TPSA) is 46.3 Å². The third kappa shape index (κ3) is 2.44. The van der Waals surface area contributed by atoms with Crippen molar-refractivity contribution >= 4 is 5.91 Å². The summed E-state index contributed by atoms with van der Waals surface area (Å²) in [5.41, 5.74) is 5.84. The van der Waals surface area contributed by atoms with Crippen LogP contribution in [0.3, 0.4) is 0 Å². The van der Waals surface area contributed by atoms with Crippen molar-refractivity contribution in [3.63, 3.8) is 0 Å². The summed E-state index contributed by atoms with van der Waals surface area (Å²) in [5, 5.41) is 0. The molecule has 1 aliphatic carbocycles. The molecular weight excluding hydrogens is 164 g/mol. The monoisotopic (exact) mass is 184 g/mol. The van der Waals surface area contributed by atoms with Crippen LogP contribution in [0.15, 0.2) is 0 Å². The van der Waals surface area contributed by atoms with Crippen LogP contribution in [0.25, 0.3) is 0 Å². The number of rotatable bonds is 1. The second-order valence-electron chi connectivity index (χ2n) is 4.39. The number of nitrogens with zero attached hydrogens (tertiary/aromatic N) is 1. The van der Waals surface area contributed by atoms with Crippen molar-refractivity contribution in [3.8, 4) is 0 Å². The van der Waals surface area contributed by atoms with E-state index in [2.05, 4.69) is 6.92 Å². The molecule has 0 heterocycles. The van der Waals surface area contributed by atoms with Crippen molar-refractivity contribution in [2.24, 2.45) is 17.6 Å². The molecule has 0 bridgehead atoms. The van der Waals surface area contributed by atoms with Crippen LogP contribution in [0.5, 0.6) is 0 Å². The van der Waals surface area contributed by atoms with E-state index in [0.29, 0.717) is 12.0 Å². The van der Waals surface area contributed by atoms with Gasteiger partial charge in [-0.15, -0.1) is 0 Å². The van der Waals surface area contributed by atoms with Gasteiger partial charge in [0.05, 0.1) is 0 Å². The number of carbonyl (C=O) groups excluding carboxylic acids is 1. The lowest BCUT2D eigenvalue weighted by atomic mass is 9.77. The van der Waals surface area contributed by atoms with Crippen LogP contribution in [0.1, 0.15) is 26.2 Å². The first-order valence-corrected chi connectivity index (χ1v) is 4.99. The highest BCUT2D eigenvalue weighted by molar-refractivity contribution is 5.78. The lowest BCUT2D eigenvalue weighted by molar-refractivity contribution is -0.135. The molecule has 13 heavy (non-hydrogen) atoms. The van der Waals surface area contributed by atoms with Gasteiger partial charge in [-0.05, 0) is 25.2 Å². The van der Waals surface area contributed by atoms with Gasteiger partial charge in [-0.25, -0.2) is 0 Å². The fourth-order valence-electron chi connectivity index (χ4n) is 2.14. The summed E-state index contributed by atoms with van der Waals surface area (Å²) in [6.45, 7) is 2.13. The van der Waals surface area contributed by atoms with E-state index in [4.69, 9.17) is 5.73 Å². The zero-order valence-electron chi connectivity index (χ0n) is 8.79. The fraction of sp³-hybridized carbons (Fsp3) is 0.900. The summed E-state index contributed by atoms with van der Waals surface area (Å²) in [7, 11) is 3.65. The Hall–Kier alpha value is -0.570. The molecule has 1 amide bonds. The predicted molar refractivity (Wildman–Crippen MR) is 53.2 cm³/mol. The van der Waals surface area contributed by atoms with Gasteiger partial charge < -0.3 is 10.6 Å². The SMILES string of the molecule is CC1CC(N)CCC1C(=O)N(C)C. The van der Waals surface area contributed by atoms with Gasteiger partial charge >= 0.3 is 0 Å². The highest BCUT2D eigenvalue weighted by Crippen LogP contribution is 2.29. The molecule has 0 radical (unpaired) electrons. The molecule has 0 aromatic carbocycles. The van der Waals surface area contributed by atoms with Crippen molar-refractivity contribution in [2.45, 2.75) is 32.2 Å². The standard InChI is InChI=1S/C10H20N2O/c1-7-6-8(11)4-5-9(7)10(13)12(2)3/h7-9H,4-6,11H2,1-3H3. The lowest BCUT2D eigenvalue weighted by Gasteiger charge is -2.32. The van der Waals surface area contributed by atoms with Crippen molar-refractivity contribution in [1.29, 1.82) is 0 Å². The first-order chi connectivity index (χ1) is 6.02. The molecule has 1 rings (SSSR count). The molecule has 1 aliphatic rings. The second-order valence-corrected chi connectivity index (χ2v) is 4.39. The average molecular weight is 184 g/mol. The van der Waals surface area contributed by atoms with E-state index >= 15 is 0 Å². The van der Waals surface area contributed by atoms with E-state index in [-0.39, 0.29) is 11.8 Å². The van der Waals surface area contributed by atoms with Gasteiger partial charge in [-0.3, -0.25) is 4.79 Å². The van der Waals surface area contributed by atoms with E-state index in [9.17, 15) is 4.79 Å². The first-order valence-electron chi connectivity index (χ1n) is 4.99. The maximum absolute atomic E-state index is 11.7. The van der Waals surface area contributed by atoms with Crippen LogP contribution in [0, 0.1) is 11.8 Å². The third-order valence-corrected chi connectivity index (χ3v) is 2.97. The molecule has 3 heteroatoms. The molecule has 1 fully saturated rings. The summed E-state index contributed by atoms with van der Waals surface area (Å²) >= 11 is 0. The van der Waals surface area contributed by atoms with E-state index in [1.165, 1.54) is 0 Å². The third-order valence-electron chi connectivity index (χ3n) is 2.97. The Labute approximate surface area is 80.3 Å². The maximum atomic E-state index is 11.7. The van der Waals surface area contributed by atoms with E-state index in [0.717, 1.165) is 19.3 Å². The van der Waals surface area contributed by atoms with E-state index in [1.54, 1.807) is 4.90 Å². The zero-order valence-corrected chi connectivity index (χ0v) is 8.79. The number of nitrogens with two attached hydrogens (primary N) is 1. The van der Waals surface area contributed by atoms with Crippen LogP contribution >= 0.6 is 0 Å². The van der Waals surface area contributed by atoms with Crippen LogP contribution in [0.2, 0.25) is 0 Å². The predicted octanol–water partition coefficient (Wildman–Crippen LogP) is 0.838. The minimum absolute atomic E-state index is 0.204. The molecule has 76 valence electrons. The fourth-order valence-corrected chi connectivity index (χ4v) is 2.14. The molecule has 3 atom stereocenters. The normalized spacial score (nSPS) is 34.3. The van der Waals surface area contributed by atoms with Crippen LogP contribution in [-0.2, 0) is 4.79 Å². The number of amides is 1. The molecule has 2 N–H and O–H groups in total. The molecule has 0 spiro atoms. The van der Waals surface area contributed by atoms with Gasteiger partial charge in [0.1, 0.15) is 0 Å². The summed E-state index contributed by atoms with van der Waals surface area (Å²) in [6.07, 6.45) is 2.94. The van der Waals surface area contributed by atoms with Gasteiger partial charge in [-0.1, -0.05) is 6.92 Å². The van der Waals surface area contributed by atoms with Crippen LogP contribution in [0.4, 0.5) is 0 Å². The quantitative estimate of drug-likeness (QED) is 0.656. The Balaban J connectivity index is 2.56. The molecule has 3 unspecified atom stereocenters. The zero-order chi connectivity index (χ0) is 10.0. The highest BCUT2D eigenvalue weighted by atomic mass is 16.2. The lowest BCUT2D eigenvalue weighted by Crippen LogP contribution is -2.40. The minimum Gasteiger partial charge on any atom is -0.349 e. The van der Waals surface area contributed by atoms with Gasteiger partial charge in [0.15, 0.2) is 0 Å². The number of hydrogen-bond donors (Lipinski definition) is 1. The molecule has 1 saturated carbocycles. The van der Waals surface area contributed by atoms with E-state index in [1.807, 2.05) is 14.1 Å². The molecule has 0 saturated heterocycles. The largest absolute Gasteiger partial charge is 0.349 e. The summed E-state index contributed by atoms with van der Waals surface area (Å²) in [6, 6.07) is 0.307. The molecule has 0 aliphatic heterocycles. The number of carbonyl (C=O) groups is 1. The first kappa shape index (κ1) is 10.5. The summed E-state index contributed by atoms with van der Waals surface area (Å²) < 4.78 is 0. The smallest absolute Gasteiger partial charge is 0.225 e. The Morgan fingerprint density at radius 2 is 2.00 bits per heavy atom. The molecular formula is C10H20N2O. The van der Waals surface area contributed by atoms with Crippen molar-refractivity contribution in [1.82, 2.24) is 4.90 Å². The Kier molecular flexibility index (Phi) is 3.31. The molecule has 3 nitrogen and oxygen atoms in total. The van der Waals surface area contributed by atoms with Gasteiger partial charge in [0, 0.05) is 26.1 Å².